The number of aromatic hydroxyl groups is 3. The Bertz CT molecular complexity index is 1620. The van der Waals surface area contributed by atoms with E-state index in [1.807, 2.05) is 53.7 Å². The van der Waals surface area contributed by atoms with Gasteiger partial charge in [-0.25, -0.2) is 0 Å². The number of hydrogen-bond donors (Lipinski definition) is 5. The molecule has 0 unspecified atom stereocenters. The molecule has 1 aromatic rings. The molecule has 8 nitrogen and oxygen atoms in total. The molecule has 262 valence electrons. The molecule has 0 radical (unpaired) electrons. The van der Waals surface area contributed by atoms with Crippen molar-refractivity contribution >= 4 is 17.3 Å². The molecule has 0 saturated carbocycles. The summed E-state index contributed by atoms with van der Waals surface area (Å²) >= 11 is 0. The molecule has 0 amide bonds. The second-order valence-corrected chi connectivity index (χ2v) is 13.6. The summed E-state index contributed by atoms with van der Waals surface area (Å²) in [6.07, 6.45) is 10.9. The summed E-state index contributed by atoms with van der Waals surface area (Å²) in [5.41, 5.74) is 1.40. The largest absolute Gasteiger partial charge is 0.511 e. The van der Waals surface area contributed by atoms with Crippen molar-refractivity contribution in [2.24, 2.45) is 5.41 Å². The zero-order valence-electron chi connectivity index (χ0n) is 30.1. The molecular weight excluding hydrogens is 608 g/mol. The van der Waals surface area contributed by atoms with Gasteiger partial charge in [0.25, 0.3) is 0 Å². The van der Waals surface area contributed by atoms with Crippen molar-refractivity contribution in [2.45, 2.75) is 120 Å². The minimum absolute atomic E-state index is 0.00346. The van der Waals surface area contributed by atoms with Gasteiger partial charge in [-0.1, -0.05) is 53.5 Å². The summed E-state index contributed by atoms with van der Waals surface area (Å²) in [6, 6.07) is 0. The number of phenolic OH excluding ortho intramolecular Hbond substituents is 3. The SMILES string of the molecule is CCCC(=O)c1c(O)c(C/C=C(\C)CCC=C(C)C)c(O)c(CC2=C(O)[C@@](C)(C/C=C(\C)CCC=C(C)C)C(=O)C(C(C)=O)=C2O)c1O. The maximum atomic E-state index is 13.7. The molecule has 5 N–H and O–H groups in total. The van der Waals surface area contributed by atoms with Gasteiger partial charge in [0.1, 0.15) is 39.9 Å². The van der Waals surface area contributed by atoms with E-state index in [0.717, 1.165) is 43.8 Å². The van der Waals surface area contributed by atoms with Crippen LogP contribution in [0.4, 0.5) is 0 Å². The Morgan fingerprint density at radius 1 is 0.708 bits per heavy atom. The van der Waals surface area contributed by atoms with Crippen LogP contribution < -0.4 is 0 Å². The van der Waals surface area contributed by atoms with Crippen molar-refractivity contribution in [1.82, 2.24) is 0 Å². The molecule has 1 atom stereocenters. The summed E-state index contributed by atoms with van der Waals surface area (Å²) in [5.74, 6) is -5.00. The Morgan fingerprint density at radius 2 is 1.23 bits per heavy atom. The van der Waals surface area contributed by atoms with E-state index in [-0.39, 0.29) is 41.5 Å². The monoisotopic (exact) mass is 662 g/mol. The van der Waals surface area contributed by atoms with Crippen molar-refractivity contribution in [3.05, 3.63) is 86.0 Å². The van der Waals surface area contributed by atoms with E-state index < -0.39 is 63.5 Å². The van der Waals surface area contributed by atoms with Crippen LogP contribution in [0.2, 0.25) is 0 Å². The summed E-state index contributed by atoms with van der Waals surface area (Å²) in [7, 11) is 0. The molecule has 0 spiro atoms. The summed E-state index contributed by atoms with van der Waals surface area (Å²) in [4.78, 5) is 39.6. The van der Waals surface area contributed by atoms with Crippen LogP contribution in [0.3, 0.4) is 0 Å². The average Bonchev–Trinajstić information content (AvgIpc) is 2.98. The molecule has 1 aliphatic rings. The van der Waals surface area contributed by atoms with Gasteiger partial charge in [-0.3, -0.25) is 14.4 Å². The van der Waals surface area contributed by atoms with Crippen LogP contribution in [0.5, 0.6) is 17.2 Å². The summed E-state index contributed by atoms with van der Waals surface area (Å²) in [5, 5.41) is 56.9. The van der Waals surface area contributed by atoms with E-state index in [0.29, 0.717) is 6.42 Å². The first-order valence-electron chi connectivity index (χ1n) is 16.7. The lowest BCUT2D eigenvalue weighted by atomic mass is 9.70. The van der Waals surface area contributed by atoms with Crippen LogP contribution >= 0.6 is 0 Å². The quantitative estimate of drug-likeness (QED) is 0.0667. The molecule has 2 rings (SSSR count). The maximum Gasteiger partial charge on any atom is 0.183 e. The van der Waals surface area contributed by atoms with Gasteiger partial charge in [0.2, 0.25) is 0 Å². The lowest BCUT2D eigenvalue weighted by Gasteiger charge is -2.33. The fourth-order valence-electron chi connectivity index (χ4n) is 5.78. The zero-order valence-corrected chi connectivity index (χ0v) is 30.1. The number of allylic oxidation sites excluding steroid dienone is 11. The Hall–Kier alpha value is -4.33. The van der Waals surface area contributed by atoms with Crippen LogP contribution in [-0.4, -0.2) is 42.9 Å². The number of ketones is 3. The number of carbonyl (C=O) groups is 3. The van der Waals surface area contributed by atoms with Crippen LogP contribution in [0.1, 0.15) is 129 Å². The molecule has 0 aromatic heterocycles. The highest BCUT2D eigenvalue weighted by atomic mass is 16.3. The highest BCUT2D eigenvalue weighted by Gasteiger charge is 2.47. The van der Waals surface area contributed by atoms with Crippen molar-refractivity contribution in [2.75, 3.05) is 0 Å². The van der Waals surface area contributed by atoms with E-state index in [1.54, 1.807) is 6.92 Å². The van der Waals surface area contributed by atoms with E-state index in [4.69, 9.17) is 0 Å². The minimum Gasteiger partial charge on any atom is -0.511 e. The van der Waals surface area contributed by atoms with E-state index in [1.165, 1.54) is 18.1 Å². The summed E-state index contributed by atoms with van der Waals surface area (Å²) in [6.45, 7) is 16.3. The molecule has 0 fully saturated rings. The van der Waals surface area contributed by atoms with Crippen LogP contribution in [0, 0.1) is 5.41 Å². The Kier molecular flexibility index (Phi) is 14.3. The fourth-order valence-corrected chi connectivity index (χ4v) is 5.78. The van der Waals surface area contributed by atoms with E-state index >= 15 is 0 Å². The van der Waals surface area contributed by atoms with E-state index in [9.17, 15) is 39.9 Å². The third kappa shape index (κ3) is 9.39. The molecule has 0 heterocycles. The Morgan fingerprint density at radius 3 is 1.73 bits per heavy atom. The highest BCUT2D eigenvalue weighted by Crippen LogP contribution is 2.48. The van der Waals surface area contributed by atoms with Gasteiger partial charge in [-0.15, -0.1) is 0 Å². The molecule has 0 bridgehead atoms. The number of carbonyl (C=O) groups excluding carboxylic acids is 3. The lowest BCUT2D eigenvalue weighted by molar-refractivity contribution is -0.127. The first kappa shape index (κ1) is 39.8. The lowest BCUT2D eigenvalue weighted by Crippen LogP contribution is -2.38. The first-order chi connectivity index (χ1) is 22.4. The van der Waals surface area contributed by atoms with Gasteiger partial charge < -0.3 is 25.5 Å². The molecule has 48 heavy (non-hydrogen) atoms. The number of rotatable bonds is 16. The third-order valence-corrected chi connectivity index (χ3v) is 8.83. The molecule has 1 aliphatic carbocycles. The number of phenols is 3. The fraction of sp³-hybridized carbons (Fsp3) is 0.475. The maximum absolute atomic E-state index is 13.7. The highest BCUT2D eigenvalue weighted by molar-refractivity contribution is 6.23. The number of aliphatic hydroxyl groups excluding tert-OH is 2. The number of benzene rings is 1. The third-order valence-electron chi connectivity index (χ3n) is 8.83. The van der Waals surface area contributed by atoms with Gasteiger partial charge in [-0.05, 0) is 100 Å². The van der Waals surface area contributed by atoms with Crippen molar-refractivity contribution < 1.29 is 39.9 Å². The second-order valence-electron chi connectivity index (χ2n) is 13.6. The molecule has 1 aromatic carbocycles. The van der Waals surface area contributed by atoms with Crippen LogP contribution in [0.25, 0.3) is 0 Å². The Labute approximate surface area is 285 Å². The average molecular weight is 663 g/mol. The topological polar surface area (TPSA) is 152 Å². The van der Waals surface area contributed by atoms with Gasteiger partial charge in [0.15, 0.2) is 17.3 Å². The van der Waals surface area contributed by atoms with Crippen molar-refractivity contribution in [3.63, 3.8) is 0 Å². The predicted octanol–water partition coefficient (Wildman–Crippen LogP) is 9.45. The summed E-state index contributed by atoms with van der Waals surface area (Å²) < 4.78 is 0. The number of hydrogen-bond acceptors (Lipinski definition) is 8. The Balaban J connectivity index is 2.77. The molecular formula is C40H54O8. The van der Waals surface area contributed by atoms with Crippen molar-refractivity contribution in [3.8, 4) is 17.2 Å². The van der Waals surface area contributed by atoms with Crippen molar-refractivity contribution in [1.29, 1.82) is 0 Å². The normalized spacial score (nSPS) is 17.1. The van der Waals surface area contributed by atoms with Gasteiger partial charge >= 0.3 is 0 Å². The standard InChI is InChI=1S/C40H54O8/c1-10-13-31(42)33-35(44)28(19-18-25(6)16-11-14-23(2)3)34(43)29(36(33)45)22-30-37(46)32(27(8)41)39(48)40(9,38(30)47)21-20-26(7)17-12-15-24(4)5/h14-15,18,20,43-47H,10-13,16-17,19,21-22H2,1-9H3/b25-18+,26-20+/t40-/m1/s1. The first-order valence-corrected chi connectivity index (χ1v) is 16.7. The van der Waals surface area contributed by atoms with Crippen LogP contribution in [-0.2, 0) is 22.4 Å². The van der Waals surface area contributed by atoms with Gasteiger partial charge in [0, 0.05) is 29.5 Å². The zero-order chi connectivity index (χ0) is 36.5. The predicted molar refractivity (Wildman–Crippen MR) is 191 cm³/mol. The molecule has 8 heteroatoms. The van der Waals surface area contributed by atoms with E-state index in [2.05, 4.69) is 12.2 Å². The molecule has 0 saturated heterocycles. The second kappa shape index (κ2) is 17.2. The van der Waals surface area contributed by atoms with Gasteiger partial charge in [0.05, 0.1) is 5.41 Å². The molecule has 0 aliphatic heterocycles. The van der Waals surface area contributed by atoms with Crippen LogP contribution in [0.15, 0.2) is 69.3 Å². The number of Topliss-reactive ketones (excluding diaryl/α,β-unsaturated/α-hetero) is 3. The minimum atomic E-state index is -1.63. The smallest absolute Gasteiger partial charge is 0.183 e. The number of aliphatic hydroxyl groups is 2. The van der Waals surface area contributed by atoms with Gasteiger partial charge in [-0.2, -0.15) is 0 Å².